The van der Waals surface area contributed by atoms with Crippen LogP contribution in [-0.4, -0.2) is 35.0 Å². The number of hydrogen-bond acceptors (Lipinski definition) is 3. The van der Waals surface area contributed by atoms with Crippen LogP contribution in [0.4, 0.5) is 22.0 Å². The minimum absolute atomic E-state index is 0.288. The number of thioether (sulfide) groups is 1. The molecule has 104 valence electrons. The maximum atomic E-state index is 12.7. The van der Waals surface area contributed by atoms with Crippen LogP contribution in [0.15, 0.2) is 11.0 Å². The molecule has 0 spiro atoms. The van der Waals surface area contributed by atoms with E-state index in [4.69, 9.17) is 5.11 Å². The van der Waals surface area contributed by atoms with Crippen LogP contribution in [0.5, 0.6) is 0 Å². The highest BCUT2D eigenvalue weighted by molar-refractivity contribution is 8.02. The van der Waals surface area contributed by atoms with Crippen molar-refractivity contribution in [1.29, 1.82) is 0 Å². The van der Waals surface area contributed by atoms with Gasteiger partial charge in [-0.1, -0.05) is 11.8 Å². The Labute approximate surface area is 102 Å². The Bertz CT molecular complexity index is 368. The molecule has 0 aliphatic heterocycles. The molecular weight excluding hydrogens is 285 g/mol. The number of rotatable bonds is 5. The van der Waals surface area contributed by atoms with Crippen LogP contribution in [0.25, 0.3) is 0 Å². The van der Waals surface area contributed by atoms with Gasteiger partial charge in [-0.15, -0.1) is 0 Å². The Morgan fingerprint density at radius 2 is 1.83 bits per heavy atom. The third kappa shape index (κ3) is 5.84. The van der Waals surface area contributed by atoms with Gasteiger partial charge in [0.05, 0.1) is 0 Å². The second-order valence-corrected chi connectivity index (χ2v) is 3.97. The number of carboxylic acids is 1. The number of carbonyl (C=O) groups is 2. The van der Waals surface area contributed by atoms with E-state index in [9.17, 15) is 31.5 Å². The molecule has 1 amide bonds. The fraction of sp³-hybridized carbons (Fsp3) is 0.500. The fourth-order valence-corrected chi connectivity index (χ4v) is 1.53. The van der Waals surface area contributed by atoms with E-state index in [2.05, 4.69) is 0 Å². The number of amides is 1. The molecule has 0 rings (SSSR count). The van der Waals surface area contributed by atoms with E-state index in [1.807, 2.05) is 5.32 Å². The van der Waals surface area contributed by atoms with Crippen molar-refractivity contribution in [2.45, 2.75) is 19.1 Å². The summed E-state index contributed by atoms with van der Waals surface area (Å²) < 4.78 is 60.2. The van der Waals surface area contributed by atoms with Gasteiger partial charge in [0, 0.05) is 12.7 Å². The highest BCUT2D eigenvalue weighted by atomic mass is 32.2. The van der Waals surface area contributed by atoms with Crippen molar-refractivity contribution >= 4 is 23.6 Å². The van der Waals surface area contributed by atoms with Crippen molar-refractivity contribution in [2.24, 2.45) is 0 Å². The first kappa shape index (κ1) is 16.7. The average molecular weight is 293 g/mol. The molecule has 0 fully saturated rings. The molecule has 0 bridgehead atoms. The third-order valence-corrected chi connectivity index (χ3v) is 2.41. The van der Waals surface area contributed by atoms with Gasteiger partial charge in [-0.25, -0.2) is 4.79 Å². The molecule has 0 radical (unpaired) electrons. The lowest BCUT2D eigenvalue weighted by molar-refractivity contribution is -0.140. The molecule has 10 heteroatoms. The summed E-state index contributed by atoms with van der Waals surface area (Å²) in [5.74, 6) is -6.04. The first-order valence-corrected chi connectivity index (χ1v) is 5.29. The molecule has 0 aromatic carbocycles. The van der Waals surface area contributed by atoms with E-state index in [1.54, 1.807) is 0 Å². The minimum Gasteiger partial charge on any atom is -0.480 e. The largest absolute Gasteiger partial charge is 0.480 e. The van der Waals surface area contributed by atoms with Gasteiger partial charge in [-0.2, -0.15) is 22.0 Å². The van der Waals surface area contributed by atoms with Gasteiger partial charge < -0.3 is 10.4 Å². The second-order valence-electron chi connectivity index (χ2n) is 2.99. The Hall–Kier alpha value is -1.32. The Kier molecular flexibility index (Phi) is 6.09. The molecular formula is C8H8F5NO3S. The van der Waals surface area contributed by atoms with Crippen molar-refractivity contribution in [2.75, 3.05) is 5.75 Å². The molecule has 0 aliphatic carbocycles. The summed E-state index contributed by atoms with van der Waals surface area (Å²) in [6.07, 6.45) is -5.47. The molecule has 0 aliphatic rings. The molecule has 4 nitrogen and oxygen atoms in total. The van der Waals surface area contributed by atoms with Crippen LogP contribution in [0, 0.1) is 0 Å². The van der Waals surface area contributed by atoms with Gasteiger partial charge in [0.15, 0.2) is 5.16 Å². The smallest absolute Gasteiger partial charge is 0.446 e. The van der Waals surface area contributed by atoms with E-state index in [0.717, 1.165) is 6.92 Å². The Morgan fingerprint density at radius 1 is 1.33 bits per heavy atom. The van der Waals surface area contributed by atoms with Crippen molar-refractivity contribution in [1.82, 2.24) is 5.32 Å². The van der Waals surface area contributed by atoms with Crippen molar-refractivity contribution < 1.29 is 36.6 Å². The van der Waals surface area contributed by atoms with Crippen molar-refractivity contribution in [3.8, 4) is 0 Å². The standard InChI is InChI=1S/C8H8F5NO3S/c1-3(15)14-4(7(16)17)2-18-6(10)5(9)8(11,12)13/h4H,2H2,1H3,(H,14,15)(H,16,17)/b6-5-/t4-/m0/s1. The lowest BCUT2D eigenvalue weighted by Gasteiger charge is -2.12. The molecule has 18 heavy (non-hydrogen) atoms. The topological polar surface area (TPSA) is 66.4 Å². The number of carboxylic acid groups (broad SMARTS) is 1. The first-order chi connectivity index (χ1) is 8.05. The molecule has 0 aromatic heterocycles. The van der Waals surface area contributed by atoms with Crippen molar-refractivity contribution in [3.05, 3.63) is 11.0 Å². The van der Waals surface area contributed by atoms with E-state index in [-0.39, 0.29) is 11.8 Å². The van der Waals surface area contributed by atoms with E-state index < -0.39 is 40.8 Å². The van der Waals surface area contributed by atoms with Gasteiger partial charge in [0.25, 0.3) is 0 Å². The van der Waals surface area contributed by atoms with E-state index in [1.165, 1.54) is 0 Å². The summed E-state index contributed by atoms with van der Waals surface area (Å²) in [6.45, 7) is 0.975. The Morgan fingerprint density at radius 3 is 2.17 bits per heavy atom. The van der Waals surface area contributed by atoms with Crippen LogP contribution < -0.4 is 5.32 Å². The molecule has 0 saturated heterocycles. The van der Waals surface area contributed by atoms with Gasteiger partial charge in [-0.3, -0.25) is 4.79 Å². The summed E-state index contributed by atoms with van der Waals surface area (Å²) in [5.41, 5.74) is 0. The lowest BCUT2D eigenvalue weighted by Crippen LogP contribution is -2.41. The van der Waals surface area contributed by atoms with Gasteiger partial charge in [0.1, 0.15) is 6.04 Å². The zero-order chi connectivity index (χ0) is 14.5. The third-order valence-electron chi connectivity index (χ3n) is 1.47. The van der Waals surface area contributed by atoms with Crippen LogP contribution in [-0.2, 0) is 9.59 Å². The monoisotopic (exact) mass is 293 g/mol. The summed E-state index contributed by atoms with van der Waals surface area (Å²) in [6, 6.07) is -1.61. The normalized spacial score (nSPS) is 14.8. The quantitative estimate of drug-likeness (QED) is 0.761. The summed E-state index contributed by atoms with van der Waals surface area (Å²) in [4.78, 5) is 21.1. The number of carbonyl (C=O) groups excluding carboxylic acids is 1. The SMILES string of the molecule is CC(=O)N[C@@H](CS/C(F)=C(\F)C(F)(F)F)C(=O)O. The van der Waals surface area contributed by atoms with E-state index >= 15 is 0 Å². The maximum Gasteiger partial charge on any atom is 0.446 e. The lowest BCUT2D eigenvalue weighted by atomic mass is 10.3. The molecule has 0 unspecified atom stereocenters. The highest BCUT2D eigenvalue weighted by Gasteiger charge is 2.38. The van der Waals surface area contributed by atoms with Crippen LogP contribution in [0.2, 0.25) is 0 Å². The molecule has 2 N–H and O–H groups in total. The van der Waals surface area contributed by atoms with Gasteiger partial charge in [0.2, 0.25) is 11.7 Å². The van der Waals surface area contributed by atoms with Crippen LogP contribution in [0.1, 0.15) is 6.92 Å². The summed E-state index contributed by atoms with van der Waals surface area (Å²) >= 11 is -0.288. The number of alkyl halides is 3. The second kappa shape index (κ2) is 6.57. The molecule has 0 aromatic rings. The van der Waals surface area contributed by atoms with Crippen LogP contribution in [0.3, 0.4) is 0 Å². The van der Waals surface area contributed by atoms with Crippen LogP contribution >= 0.6 is 11.8 Å². The van der Waals surface area contributed by atoms with E-state index in [0.29, 0.717) is 0 Å². The first-order valence-electron chi connectivity index (χ1n) is 4.31. The number of nitrogens with one attached hydrogen (secondary N) is 1. The number of allylic oxidation sites excluding steroid dienone is 1. The van der Waals surface area contributed by atoms with Gasteiger partial charge in [-0.05, 0) is 0 Å². The zero-order valence-corrected chi connectivity index (χ0v) is 9.66. The Balaban J connectivity index is 4.63. The predicted molar refractivity (Wildman–Crippen MR) is 53.0 cm³/mol. The number of hydrogen-bond donors (Lipinski definition) is 2. The van der Waals surface area contributed by atoms with Gasteiger partial charge >= 0.3 is 12.1 Å². The molecule has 0 heterocycles. The highest BCUT2D eigenvalue weighted by Crippen LogP contribution is 2.34. The molecule has 0 saturated carbocycles. The maximum absolute atomic E-state index is 12.7. The predicted octanol–water partition coefficient (Wildman–Crippen LogP) is 1.98. The zero-order valence-electron chi connectivity index (χ0n) is 8.85. The van der Waals surface area contributed by atoms with Crippen molar-refractivity contribution in [3.63, 3.8) is 0 Å². The number of aliphatic carboxylic acids is 1. The average Bonchev–Trinajstić information content (AvgIpc) is 2.20. The fourth-order valence-electron chi connectivity index (χ4n) is 0.751. The minimum atomic E-state index is -5.47. The summed E-state index contributed by atoms with van der Waals surface area (Å²) in [7, 11) is 0. The molecule has 1 atom stereocenters. The summed E-state index contributed by atoms with van der Waals surface area (Å²) in [5, 5.41) is 8.23. The number of halogens is 5.